The molecule has 1 amide bonds. The standard InChI is InChI=1S/C21H25N3O5S/c1-21(2,3)17-6-4-16(5-7-17)20(25)22-12-14-23(15-13-22)30(28,29)19-10-8-18(9-11-19)24(26)27/h4-11H,12-15H2,1-3H3. The second-order valence-electron chi connectivity index (χ2n) is 8.27. The lowest BCUT2D eigenvalue weighted by atomic mass is 9.86. The number of nitro benzene ring substituents is 1. The first-order valence-corrected chi connectivity index (χ1v) is 11.1. The van der Waals surface area contributed by atoms with Crippen LogP contribution in [0.2, 0.25) is 0 Å². The van der Waals surface area contributed by atoms with Crippen LogP contribution in [0.3, 0.4) is 0 Å². The molecule has 160 valence electrons. The molecule has 8 nitrogen and oxygen atoms in total. The molecule has 30 heavy (non-hydrogen) atoms. The van der Waals surface area contributed by atoms with Crippen LogP contribution >= 0.6 is 0 Å². The molecule has 0 aromatic heterocycles. The fraction of sp³-hybridized carbons (Fsp3) is 0.381. The molecule has 1 aliphatic rings. The van der Waals surface area contributed by atoms with E-state index < -0.39 is 14.9 Å². The molecule has 0 saturated carbocycles. The number of nitro groups is 1. The van der Waals surface area contributed by atoms with E-state index in [9.17, 15) is 23.3 Å². The van der Waals surface area contributed by atoms with Crippen molar-refractivity contribution in [1.29, 1.82) is 0 Å². The second kappa shape index (κ2) is 8.16. The van der Waals surface area contributed by atoms with Crippen molar-refractivity contribution in [2.24, 2.45) is 0 Å². The minimum absolute atomic E-state index is 0.000565. The van der Waals surface area contributed by atoms with Crippen molar-refractivity contribution in [2.75, 3.05) is 26.2 Å². The number of rotatable bonds is 4. The number of sulfonamides is 1. The first-order chi connectivity index (χ1) is 14.0. The summed E-state index contributed by atoms with van der Waals surface area (Å²) >= 11 is 0. The van der Waals surface area contributed by atoms with Crippen LogP contribution in [0.25, 0.3) is 0 Å². The van der Waals surface area contributed by atoms with E-state index in [1.165, 1.54) is 28.6 Å². The van der Waals surface area contributed by atoms with Crippen LogP contribution in [-0.2, 0) is 15.4 Å². The number of non-ortho nitro benzene ring substituents is 1. The van der Waals surface area contributed by atoms with Crippen molar-refractivity contribution in [3.8, 4) is 0 Å². The molecule has 2 aromatic rings. The minimum Gasteiger partial charge on any atom is -0.336 e. The zero-order chi connectivity index (χ0) is 22.1. The van der Waals surface area contributed by atoms with Crippen molar-refractivity contribution >= 4 is 21.6 Å². The van der Waals surface area contributed by atoms with Gasteiger partial charge in [-0.3, -0.25) is 14.9 Å². The van der Waals surface area contributed by atoms with Gasteiger partial charge in [-0.1, -0.05) is 32.9 Å². The molecule has 9 heteroatoms. The summed E-state index contributed by atoms with van der Waals surface area (Å²) in [5, 5.41) is 10.8. The number of carbonyl (C=O) groups is 1. The predicted molar refractivity (Wildman–Crippen MR) is 113 cm³/mol. The SMILES string of the molecule is CC(C)(C)c1ccc(C(=O)N2CCN(S(=O)(=O)c3ccc([N+](=O)[O-])cc3)CC2)cc1. The van der Waals surface area contributed by atoms with Crippen molar-refractivity contribution in [1.82, 2.24) is 9.21 Å². The van der Waals surface area contributed by atoms with E-state index in [0.29, 0.717) is 5.56 Å². The minimum atomic E-state index is -3.77. The highest BCUT2D eigenvalue weighted by molar-refractivity contribution is 7.89. The number of amides is 1. The quantitative estimate of drug-likeness (QED) is 0.547. The van der Waals surface area contributed by atoms with Crippen LogP contribution < -0.4 is 0 Å². The van der Waals surface area contributed by atoms with Crippen molar-refractivity contribution < 1.29 is 18.1 Å². The van der Waals surface area contributed by atoms with E-state index in [1.807, 2.05) is 24.3 Å². The normalized spacial score (nSPS) is 15.8. The van der Waals surface area contributed by atoms with Crippen LogP contribution in [0.5, 0.6) is 0 Å². The molecule has 0 bridgehead atoms. The van der Waals surface area contributed by atoms with E-state index in [-0.39, 0.29) is 48.1 Å². The third kappa shape index (κ3) is 4.52. The van der Waals surface area contributed by atoms with Crippen molar-refractivity contribution in [2.45, 2.75) is 31.1 Å². The Morgan fingerprint density at radius 3 is 1.93 bits per heavy atom. The molecular weight excluding hydrogens is 406 g/mol. The van der Waals surface area contributed by atoms with Gasteiger partial charge in [0.05, 0.1) is 9.82 Å². The van der Waals surface area contributed by atoms with Crippen LogP contribution in [0, 0.1) is 10.1 Å². The lowest BCUT2D eigenvalue weighted by molar-refractivity contribution is -0.384. The van der Waals surface area contributed by atoms with Crippen molar-refractivity contribution in [3.63, 3.8) is 0 Å². The van der Waals surface area contributed by atoms with Gasteiger partial charge in [-0.25, -0.2) is 8.42 Å². The third-order valence-corrected chi connectivity index (χ3v) is 7.12. The largest absolute Gasteiger partial charge is 0.336 e. The summed E-state index contributed by atoms with van der Waals surface area (Å²) in [5.74, 6) is -0.122. The van der Waals surface area contributed by atoms with Gasteiger partial charge < -0.3 is 4.90 Å². The maximum Gasteiger partial charge on any atom is 0.269 e. The Bertz CT molecular complexity index is 1030. The van der Waals surface area contributed by atoms with Gasteiger partial charge in [-0.2, -0.15) is 4.31 Å². The Hall–Kier alpha value is -2.78. The smallest absolute Gasteiger partial charge is 0.269 e. The van der Waals surface area contributed by atoms with Gasteiger partial charge in [0.2, 0.25) is 10.0 Å². The van der Waals surface area contributed by atoms with Crippen molar-refractivity contribution in [3.05, 3.63) is 69.8 Å². The summed E-state index contributed by atoms with van der Waals surface area (Å²) < 4.78 is 26.9. The Labute approximate surface area is 176 Å². The average molecular weight is 432 g/mol. The van der Waals surface area contributed by atoms with Crippen LogP contribution in [0.15, 0.2) is 53.4 Å². The van der Waals surface area contributed by atoms with E-state index in [1.54, 1.807) is 4.90 Å². The molecule has 2 aromatic carbocycles. The number of benzene rings is 2. The molecule has 0 spiro atoms. The molecule has 1 saturated heterocycles. The molecule has 1 fully saturated rings. The molecule has 0 aliphatic carbocycles. The fourth-order valence-corrected chi connectivity index (χ4v) is 4.74. The average Bonchev–Trinajstić information content (AvgIpc) is 2.73. The van der Waals surface area contributed by atoms with Gasteiger partial charge in [0.25, 0.3) is 11.6 Å². The highest BCUT2D eigenvalue weighted by Crippen LogP contribution is 2.24. The Morgan fingerprint density at radius 1 is 0.933 bits per heavy atom. The molecule has 1 aliphatic heterocycles. The number of hydrogen-bond donors (Lipinski definition) is 0. The first-order valence-electron chi connectivity index (χ1n) is 9.64. The van der Waals surface area contributed by atoms with E-state index in [2.05, 4.69) is 20.8 Å². The van der Waals surface area contributed by atoms with Crippen LogP contribution in [0.1, 0.15) is 36.7 Å². The van der Waals surface area contributed by atoms with Crippen LogP contribution in [0.4, 0.5) is 5.69 Å². The highest BCUT2D eigenvalue weighted by Gasteiger charge is 2.30. The van der Waals surface area contributed by atoms with E-state index in [4.69, 9.17) is 0 Å². The summed E-state index contributed by atoms with van der Waals surface area (Å²) in [4.78, 5) is 24.6. The third-order valence-electron chi connectivity index (χ3n) is 5.21. The molecule has 0 atom stereocenters. The fourth-order valence-electron chi connectivity index (χ4n) is 3.32. The lowest BCUT2D eigenvalue weighted by Gasteiger charge is -2.34. The van der Waals surface area contributed by atoms with E-state index >= 15 is 0 Å². The summed E-state index contributed by atoms with van der Waals surface area (Å²) in [6.07, 6.45) is 0. The zero-order valence-corrected chi connectivity index (χ0v) is 18.1. The second-order valence-corrected chi connectivity index (χ2v) is 10.2. The zero-order valence-electron chi connectivity index (χ0n) is 17.2. The number of nitrogens with zero attached hydrogens (tertiary/aromatic N) is 3. The highest BCUT2D eigenvalue weighted by atomic mass is 32.2. The maximum atomic E-state index is 12.8. The van der Waals surface area contributed by atoms with Gasteiger partial charge in [0.15, 0.2) is 0 Å². The molecular formula is C21H25N3O5S. The topological polar surface area (TPSA) is 101 Å². The maximum absolute atomic E-state index is 12.8. The van der Waals surface area contributed by atoms with Gasteiger partial charge >= 0.3 is 0 Å². The lowest BCUT2D eigenvalue weighted by Crippen LogP contribution is -2.50. The summed E-state index contributed by atoms with van der Waals surface area (Å²) in [5.41, 5.74) is 1.55. The molecule has 0 N–H and O–H groups in total. The van der Waals surface area contributed by atoms with E-state index in [0.717, 1.165) is 5.56 Å². The van der Waals surface area contributed by atoms with Gasteiger partial charge in [-0.15, -0.1) is 0 Å². The molecule has 0 radical (unpaired) electrons. The van der Waals surface area contributed by atoms with Gasteiger partial charge in [0, 0.05) is 43.9 Å². The summed E-state index contributed by atoms with van der Waals surface area (Å²) in [7, 11) is -3.77. The summed E-state index contributed by atoms with van der Waals surface area (Å²) in [6.45, 7) is 7.23. The molecule has 3 rings (SSSR count). The first kappa shape index (κ1) is 21.9. The monoisotopic (exact) mass is 431 g/mol. The molecule has 0 unspecified atom stereocenters. The van der Waals surface area contributed by atoms with Gasteiger partial charge in [-0.05, 0) is 35.2 Å². The van der Waals surface area contributed by atoms with Gasteiger partial charge in [0.1, 0.15) is 0 Å². The Balaban J connectivity index is 1.66. The summed E-state index contributed by atoms with van der Waals surface area (Å²) in [6, 6.07) is 12.3. The Kier molecular flexibility index (Phi) is 5.96. The predicted octanol–water partition coefficient (Wildman–Crippen LogP) is 3.04. The number of hydrogen-bond acceptors (Lipinski definition) is 5. The number of carbonyl (C=O) groups excluding carboxylic acids is 1. The van der Waals surface area contributed by atoms with Crippen LogP contribution in [-0.4, -0.2) is 54.6 Å². The number of piperazine rings is 1. The Morgan fingerprint density at radius 2 is 1.47 bits per heavy atom. The molecule has 1 heterocycles.